The van der Waals surface area contributed by atoms with Crippen molar-refractivity contribution in [2.24, 2.45) is 0 Å². The zero-order valence-corrected chi connectivity index (χ0v) is 10.5. The topological polar surface area (TPSA) is 64.3 Å². The van der Waals surface area contributed by atoms with Gasteiger partial charge >= 0.3 is 0 Å². The number of hydrogen-bond donors (Lipinski definition) is 2. The lowest BCUT2D eigenvalue weighted by atomic mass is 10.1. The Bertz CT molecular complexity index is 378. The van der Waals surface area contributed by atoms with Gasteiger partial charge < -0.3 is 15.8 Å². The molecule has 0 atom stereocenters. The average Bonchev–Trinajstić information content (AvgIpc) is 2.29. The highest BCUT2D eigenvalue weighted by Gasteiger charge is 2.04. The van der Waals surface area contributed by atoms with Crippen molar-refractivity contribution in [2.45, 2.75) is 26.7 Å². The molecule has 0 heterocycles. The molecule has 17 heavy (non-hydrogen) atoms. The molecular weight excluding hydrogens is 216 g/mol. The minimum absolute atomic E-state index is 0.0866. The SMILES string of the molecule is CCCOCC(=O)Nc1ccc(CC)c(N)c1. The molecule has 0 aromatic heterocycles. The van der Waals surface area contributed by atoms with Gasteiger partial charge in [0.1, 0.15) is 6.61 Å². The Morgan fingerprint density at radius 1 is 1.41 bits per heavy atom. The summed E-state index contributed by atoms with van der Waals surface area (Å²) in [7, 11) is 0. The Balaban J connectivity index is 2.51. The fraction of sp³-hybridized carbons (Fsp3) is 0.462. The van der Waals surface area contributed by atoms with Crippen molar-refractivity contribution in [1.82, 2.24) is 0 Å². The largest absolute Gasteiger partial charge is 0.398 e. The van der Waals surface area contributed by atoms with Crippen LogP contribution in [0.5, 0.6) is 0 Å². The van der Waals surface area contributed by atoms with Gasteiger partial charge in [0.25, 0.3) is 0 Å². The number of amides is 1. The molecule has 4 heteroatoms. The van der Waals surface area contributed by atoms with E-state index in [0.29, 0.717) is 18.0 Å². The molecule has 1 rings (SSSR count). The number of benzene rings is 1. The number of carbonyl (C=O) groups excluding carboxylic acids is 1. The first kappa shape index (κ1) is 13.5. The van der Waals surface area contributed by atoms with Crippen LogP contribution in [0.3, 0.4) is 0 Å². The monoisotopic (exact) mass is 236 g/mol. The molecule has 0 unspecified atom stereocenters. The van der Waals surface area contributed by atoms with Gasteiger partial charge in [-0.25, -0.2) is 0 Å². The van der Waals surface area contributed by atoms with E-state index < -0.39 is 0 Å². The van der Waals surface area contributed by atoms with E-state index in [2.05, 4.69) is 5.32 Å². The lowest BCUT2D eigenvalue weighted by molar-refractivity contribution is -0.120. The van der Waals surface area contributed by atoms with E-state index in [9.17, 15) is 4.79 Å². The number of aryl methyl sites for hydroxylation is 1. The predicted molar refractivity (Wildman–Crippen MR) is 70.0 cm³/mol. The molecule has 0 aliphatic heterocycles. The number of nitrogens with one attached hydrogen (secondary N) is 1. The summed E-state index contributed by atoms with van der Waals surface area (Å²) in [6, 6.07) is 5.56. The Kier molecular flexibility index (Phi) is 5.49. The van der Waals surface area contributed by atoms with E-state index in [1.807, 2.05) is 26.0 Å². The quantitative estimate of drug-likeness (QED) is 0.588. The first-order valence-corrected chi connectivity index (χ1v) is 5.93. The molecular formula is C13H20N2O2. The second-order valence-corrected chi connectivity index (χ2v) is 3.87. The Hall–Kier alpha value is -1.55. The number of anilines is 2. The third kappa shape index (κ3) is 4.44. The molecule has 0 spiro atoms. The summed E-state index contributed by atoms with van der Waals surface area (Å²) in [4.78, 5) is 11.5. The van der Waals surface area contributed by atoms with Crippen LogP contribution >= 0.6 is 0 Å². The van der Waals surface area contributed by atoms with E-state index >= 15 is 0 Å². The van der Waals surface area contributed by atoms with Crippen molar-refractivity contribution in [2.75, 3.05) is 24.3 Å². The maximum Gasteiger partial charge on any atom is 0.250 e. The van der Waals surface area contributed by atoms with Crippen molar-refractivity contribution in [3.8, 4) is 0 Å². The number of carbonyl (C=O) groups is 1. The van der Waals surface area contributed by atoms with Gasteiger partial charge in [0, 0.05) is 18.0 Å². The smallest absolute Gasteiger partial charge is 0.250 e. The van der Waals surface area contributed by atoms with Crippen molar-refractivity contribution < 1.29 is 9.53 Å². The number of hydrogen-bond acceptors (Lipinski definition) is 3. The highest BCUT2D eigenvalue weighted by Crippen LogP contribution is 2.18. The summed E-state index contributed by atoms with van der Waals surface area (Å²) in [6.07, 6.45) is 1.80. The zero-order valence-electron chi connectivity index (χ0n) is 10.5. The van der Waals surface area contributed by atoms with Crippen LogP contribution in [0.2, 0.25) is 0 Å². The first-order valence-electron chi connectivity index (χ1n) is 5.93. The predicted octanol–water partition coefficient (Wildman–Crippen LogP) is 2.20. The van der Waals surface area contributed by atoms with Gasteiger partial charge in [-0.1, -0.05) is 19.9 Å². The van der Waals surface area contributed by atoms with Crippen molar-refractivity contribution >= 4 is 17.3 Å². The number of rotatable bonds is 6. The molecule has 4 nitrogen and oxygen atoms in total. The van der Waals surface area contributed by atoms with Crippen LogP contribution in [0.15, 0.2) is 18.2 Å². The van der Waals surface area contributed by atoms with Gasteiger partial charge in [-0.15, -0.1) is 0 Å². The summed E-state index contributed by atoms with van der Waals surface area (Å²) in [6.45, 7) is 4.73. The third-order valence-corrected chi connectivity index (χ3v) is 2.39. The van der Waals surface area contributed by atoms with Crippen LogP contribution in [0.4, 0.5) is 11.4 Å². The van der Waals surface area contributed by atoms with Gasteiger partial charge in [0.15, 0.2) is 0 Å². The van der Waals surface area contributed by atoms with Gasteiger partial charge in [-0.3, -0.25) is 4.79 Å². The number of nitrogens with two attached hydrogens (primary N) is 1. The first-order chi connectivity index (χ1) is 8.17. The Morgan fingerprint density at radius 3 is 2.76 bits per heavy atom. The number of nitrogen functional groups attached to an aromatic ring is 1. The summed E-state index contributed by atoms with van der Waals surface area (Å²) < 4.78 is 5.15. The molecule has 0 saturated carbocycles. The molecule has 94 valence electrons. The van der Waals surface area contributed by atoms with E-state index in [-0.39, 0.29) is 12.5 Å². The van der Waals surface area contributed by atoms with Crippen LogP contribution < -0.4 is 11.1 Å². The minimum atomic E-state index is -0.151. The minimum Gasteiger partial charge on any atom is -0.398 e. The second kappa shape index (κ2) is 6.91. The molecule has 0 saturated heterocycles. The molecule has 3 N–H and O–H groups in total. The lowest BCUT2D eigenvalue weighted by Crippen LogP contribution is -2.18. The molecule has 0 aliphatic rings. The summed E-state index contributed by atoms with van der Waals surface area (Å²) >= 11 is 0. The van der Waals surface area contributed by atoms with Crippen LogP contribution in [-0.4, -0.2) is 19.1 Å². The van der Waals surface area contributed by atoms with Crippen molar-refractivity contribution in [3.63, 3.8) is 0 Å². The molecule has 1 aromatic carbocycles. The lowest BCUT2D eigenvalue weighted by Gasteiger charge is -2.08. The standard InChI is InChI=1S/C13H20N2O2/c1-3-7-17-9-13(16)15-11-6-5-10(4-2)12(14)8-11/h5-6,8H,3-4,7,9,14H2,1-2H3,(H,15,16). The maximum absolute atomic E-state index is 11.5. The van der Waals surface area contributed by atoms with E-state index in [4.69, 9.17) is 10.5 Å². The van der Waals surface area contributed by atoms with E-state index in [0.717, 1.165) is 18.4 Å². The summed E-state index contributed by atoms with van der Waals surface area (Å²) in [5, 5.41) is 2.75. The third-order valence-electron chi connectivity index (χ3n) is 2.39. The van der Waals surface area contributed by atoms with Gasteiger partial charge in [-0.2, -0.15) is 0 Å². The normalized spacial score (nSPS) is 10.2. The maximum atomic E-state index is 11.5. The Morgan fingerprint density at radius 2 is 2.18 bits per heavy atom. The van der Waals surface area contributed by atoms with Gasteiger partial charge in [0.2, 0.25) is 5.91 Å². The van der Waals surface area contributed by atoms with Crippen molar-refractivity contribution in [1.29, 1.82) is 0 Å². The van der Waals surface area contributed by atoms with E-state index in [1.54, 1.807) is 6.07 Å². The van der Waals surface area contributed by atoms with Crippen molar-refractivity contribution in [3.05, 3.63) is 23.8 Å². The average molecular weight is 236 g/mol. The molecule has 1 aromatic rings. The number of ether oxygens (including phenoxy) is 1. The molecule has 0 fully saturated rings. The zero-order chi connectivity index (χ0) is 12.7. The second-order valence-electron chi connectivity index (χ2n) is 3.87. The summed E-state index contributed by atoms with van der Waals surface area (Å²) in [5.41, 5.74) is 8.36. The molecule has 0 radical (unpaired) electrons. The molecule has 1 amide bonds. The van der Waals surface area contributed by atoms with Crippen LogP contribution in [-0.2, 0) is 16.0 Å². The van der Waals surface area contributed by atoms with E-state index in [1.165, 1.54) is 0 Å². The van der Waals surface area contributed by atoms with Crippen LogP contribution in [0.1, 0.15) is 25.8 Å². The van der Waals surface area contributed by atoms with Crippen LogP contribution in [0, 0.1) is 0 Å². The van der Waals surface area contributed by atoms with Gasteiger partial charge in [-0.05, 0) is 30.5 Å². The highest BCUT2D eigenvalue weighted by atomic mass is 16.5. The molecule has 0 aliphatic carbocycles. The molecule has 0 bridgehead atoms. The fourth-order valence-electron chi connectivity index (χ4n) is 1.50. The Labute approximate surface area is 102 Å². The highest BCUT2D eigenvalue weighted by molar-refractivity contribution is 5.92. The van der Waals surface area contributed by atoms with Gasteiger partial charge in [0.05, 0.1) is 0 Å². The van der Waals surface area contributed by atoms with Crippen LogP contribution in [0.25, 0.3) is 0 Å². The fourth-order valence-corrected chi connectivity index (χ4v) is 1.50. The summed E-state index contributed by atoms with van der Waals surface area (Å²) in [5.74, 6) is -0.151.